The van der Waals surface area contributed by atoms with E-state index in [1.54, 1.807) is 0 Å². The van der Waals surface area contributed by atoms with Crippen LogP contribution in [0.25, 0.3) is 0 Å². The van der Waals surface area contributed by atoms with E-state index in [0.717, 1.165) is 48.3 Å². The van der Waals surface area contributed by atoms with Crippen LogP contribution >= 0.6 is 0 Å². The molecule has 0 spiro atoms. The van der Waals surface area contributed by atoms with E-state index in [9.17, 15) is 0 Å². The minimum absolute atomic E-state index is 0.330. The summed E-state index contributed by atoms with van der Waals surface area (Å²) in [5.74, 6) is 0. The van der Waals surface area contributed by atoms with Gasteiger partial charge in [0.05, 0.1) is 0 Å². The number of nitrogens with zero attached hydrogens (tertiary/aromatic N) is 16. The van der Waals surface area contributed by atoms with Crippen LogP contribution in [0.3, 0.4) is 0 Å². The largest absolute Gasteiger partial charge is 0.298 e. The van der Waals surface area contributed by atoms with Gasteiger partial charge in [0.15, 0.2) is 0 Å². The molecule has 9 rings (SSSR count). The van der Waals surface area contributed by atoms with Crippen molar-refractivity contribution in [2.45, 2.75) is 460 Å². The molecule has 107 heavy (non-hydrogen) atoms. The molecule has 10 atom stereocenters. The molecule has 0 N–H and O–H groups in total. The molecule has 0 radical (unpaired) electrons. The van der Waals surface area contributed by atoms with Gasteiger partial charge in [0.25, 0.3) is 0 Å². The van der Waals surface area contributed by atoms with Gasteiger partial charge in [-0.15, -0.1) is 0 Å². The lowest BCUT2D eigenvalue weighted by Gasteiger charge is -2.50. The molecule has 16 heteroatoms. The van der Waals surface area contributed by atoms with E-state index in [2.05, 4.69) is 369 Å². The average Bonchev–Trinajstić information content (AvgIpc) is 1.65. The molecule has 16 nitrogen and oxygen atoms in total. The molecule has 2 bridgehead atoms. The van der Waals surface area contributed by atoms with Crippen LogP contribution in [0.4, 0.5) is 0 Å². The molecular formula is C91H196N16. The summed E-state index contributed by atoms with van der Waals surface area (Å²) in [5, 5.41) is 0. The molecule has 9 aliphatic rings. The second-order valence-electron chi connectivity index (χ2n) is 40.3. The highest BCUT2D eigenvalue weighted by atomic mass is 15.4. The number of hydrogen-bond donors (Lipinski definition) is 0. The lowest BCUT2D eigenvalue weighted by Crippen LogP contribution is -2.62. The molecule has 0 saturated carbocycles. The highest BCUT2D eigenvalue weighted by Gasteiger charge is 2.45. The fourth-order valence-corrected chi connectivity index (χ4v) is 20.1. The number of fused-ring (bicyclic) bond motifs is 2. The van der Waals surface area contributed by atoms with Gasteiger partial charge in [0.2, 0.25) is 0 Å². The van der Waals surface area contributed by atoms with Crippen LogP contribution in [-0.2, 0) is 0 Å². The molecule has 640 valence electrons. The Bertz CT molecular complexity index is 2070. The first-order chi connectivity index (χ1) is 49.4. The summed E-state index contributed by atoms with van der Waals surface area (Å²) >= 11 is 0. The lowest BCUT2D eigenvalue weighted by atomic mass is 9.96. The van der Waals surface area contributed by atoms with Crippen molar-refractivity contribution in [2.75, 3.05) is 137 Å². The van der Waals surface area contributed by atoms with E-state index in [-0.39, 0.29) is 0 Å². The molecule has 0 aromatic heterocycles. The Balaban J connectivity index is 0.000000415. The maximum atomic E-state index is 2.67. The fourth-order valence-electron chi connectivity index (χ4n) is 20.1. The zero-order valence-corrected chi connectivity index (χ0v) is 80.2. The second-order valence-corrected chi connectivity index (χ2v) is 40.3. The molecule has 9 aliphatic heterocycles. The molecular weight excluding hydrogens is 1320 g/mol. The van der Waals surface area contributed by atoms with Gasteiger partial charge in [-0.25, -0.2) is 0 Å². The number of rotatable bonds is 16. The molecule has 9 fully saturated rings. The Morgan fingerprint density at radius 3 is 0.645 bits per heavy atom. The van der Waals surface area contributed by atoms with Crippen LogP contribution in [0, 0.1) is 0 Å². The zero-order valence-electron chi connectivity index (χ0n) is 80.2. The topological polar surface area (TPSA) is 51.8 Å². The van der Waals surface area contributed by atoms with Crippen molar-refractivity contribution >= 4 is 0 Å². The summed E-state index contributed by atoms with van der Waals surface area (Å²) < 4.78 is 0. The van der Waals surface area contributed by atoms with E-state index in [4.69, 9.17) is 0 Å². The zero-order chi connectivity index (χ0) is 82.3. The molecule has 0 aromatic carbocycles. The van der Waals surface area contributed by atoms with Gasteiger partial charge in [-0.2, -0.15) is 0 Å². The van der Waals surface area contributed by atoms with Crippen molar-refractivity contribution in [1.82, 2.24) is 78.4 Å². The predicted molar refractivity (Wildman–Crippen MR) is 476 cm³/mol. The average molecular weight is 1510 g/mol. The van der Waals surface area contributed by atoms with E-state index in [1.807, 2.05) is 0 Å². The van der Waals surface area contributed by atoms with Gasteiger partial charge in [-0.05, 0) is 297 Å². The first-order valence-electron chi connectivity index (χ1n) is 45.4. The maximum absolute atomic E-state index is 2.67. The summed E-state index contributed by atoms with van der Waals surface area (Å²) in [5.41, 5.74) is 0.330. The number of likely N-dealkylation sites (tertiary alicyclic amines) is 2. The van der Waals surface area contributed by atoms with Gasteiger partial charge < -0.3 is 0 Å². The van der Waals surface area contributed by atoms with Crippen LogP contribution in [0.2, 0.25) is 0 Å². The highest BCUT2D eigenvalue weighted by Crippen LogP contribution is 2.34. The standard InChI is InChI=1S/4C12H26N2.C11H22N2.2C11H24N2.C10H22N2/c2*1-9(2)13-7-11(5)14(10(3)4)12(6)8-13;1-10(2)13-7-8-14(11(3)4)12(5,6)9-13;1-9(2)13-7-8-14(10(3)4)12(6)11(13)5;1-8(2)12-6-11-5-10(12)7-13(11)9(3)4;2*1-9(2)12-6-7-13(10(3)4)11(5)8-12;1-9(2)11-5-7-12(8-6-11)10(3)4/h2*9-12H,7-8H2,1-6H3;10-11H,7-9H2,1-6H3;9-12H,7-8H2,1-6H3;8-11H,5-7H2,1-4H3;2*9-11H,6-8H2,1-5H3;9-10H,5-8H2,1-4H3. The van der Waals surface area contributed by atoms with E-state index in [1.165, 1.54) is 144 Å². The highest BCUT2D eigenvalue weighted by molar-refractivity contribution is 5.02. The Morgan fingerprint density at radius 1 is 0.206 bits per heavy atom. The monoisotopic (exact) mass is 1510 g/mol. The third-order valence-corrected chi connectivity index (χ3v) is 26.4. The van der Waals surface area contributed by atoms with Crippen molar-refractivity contribution < 1.29 is 0 Å². The Morgan fingerprint density at radius 2 is 0.439 bits per heavy atom. The normalized spacial score (nSPS) is 29.2. The van der Waals surface area contributed by atoms with Crippen molar-refractivity contribution in [3.63, 3.8) is 0 Å². The lowest BCUT2D eigenvalue weighted by molar-refractivity contribution is -0.0129. The molecule has 0 aromatic rings. The summed E-state index contributed by atoms with van der Waals surface area (Å²) in [7, 11) is 0. The molecule has 10 unspecified atom stereocenters. The quantitative estimate of drug-likeness (QED) is 0.147. The molecule has 0 aliphatic carbocycles. The Labute approximate surface area is 672 Å². The number of piperazine rings is 8. The summed E-state index contributed by atoms with van der Waals surface area (Å²) in [6.45, 7) is 123. The first-order valence-corrected chi connectivity index (χ1v) is 45.4. The van der Waals surface area contributed by atoms with Crippen molar-refractivity contribution in [2.24, 2.45) is 0 Å². The minimum atomic E-state index is 0.330. The van der Waals surface area contributed by atoms with Crippen LogP contribution in [0.5, 0.6) is 0 Å². The fraction of sp³-hybridized carbons (Fsp3) is 1.00. The second kappa shape index (κ2) is 48.8. The summed E-state index contributed by atoms with van der Waals surface area (Å²) in [4.78, 5) is 41.7. The smallest absolute Gasteiger partial charge is 0.0283 e. The van der Waals surface area contributed by atoms with Crippen LogP contribution in [0.15, 0.2) is 0 Å². The van der Waals surface area contributed by atoms with Crippen molar-refractivity contribution in [1.29, 1.82) is 0 Å². The van der Waals surface area contributed by atoms with Gasteiger partial charge in [-0.1, -0.05) is 0 Å². The van der Waals surface area contributed by atoms with Crippen LogP contribution in [0.1, 0.15) is 297 Å². The third-order valence-electron chi connectivity index (χ3n) is 26.4. The van der Waals surface area contributed by atoms with E-state index >= 15 is 0 Å². The van der Waals surface area contributed by atoms with Crippen molar-refractivity contribution in [3.05, 3.63) is 0 Å². The first kappa shape index (κ1) is 102. The minimum Gasteiger partial charge on any atom is -0.298 e. The third kappa shape index (κ3) is 33.1. The van der Waals surface area contributed by atoms with Crippen molar-refractivity contribution in [3.8, 4) is 0 Å². The number of hydrogen-bond acceptors (Lipinski definition) is 16. The van der Waals surface area contributed by atoms with Crippen LogP contribution < -0.4 is 0 Å². The van der Waals surface area contributed by atoms with Gasteiger partial charge in [-0.3, -0.25) is 78.4 Å². The SMILES string of the molecule is CC(C)N1CC(C)N(C(C)C)C(C)C1.CC(C)N1CC(C)N(C(C)C)C(C)C1.CC(C)N1CC2CC1CN2C(C)C.CC(C)N1CCN(C(C)C)C(C)(C)C1.CC(C)N1CCN(C(C)C)C(C)C1.CC(C)N1CCN(C(C)C)C(C)C1.CC(C)N1CCN(C(C)C)C(C)C1C.CC(C)N1CCN(C(C)C)CC1. The van der Waals surface area contributed by atoms with Gasteiger partial charge >= 0.3 is 0 Å². The van der Waals surface area contributed by atoms with Gasteiger partial charge in [0, 0.05) is 300 Å². The summed E-state index contributed by atoms with van der Waals surface area (Å²) in [6.07, 6.45) is 1.41. The van der Waals surface area contributed by atoms with Crippen LogP contribution in [-0.4, -0.2) is 378 Å². The predicted octanol–water partition coefficient (Wildman–Crippen LogP) is 15.4. The molecule has 9 saturated heterocycles. The van der Waals surface area contributed by atoms with E-state index < -0.39 is 0 Å². The maximum Gasteiger partial charge on any atom is 0.0283 e. The Kier molecular flexibility index (Phi) is 46.7. The summed E-state index contributed by atoms with van der Waals surface area (Å²) in [6, 6.07) is 18.5. The molecule has 0 amide bonds. The Hall–Kier alpha value is -0.640. The van der Waals surface area contributed by atoms with Gasteiger partial charge in [0.1, 0.15) is 0 Å². The van der Waals surface area contributed by atoms with E-state index in [0.29, 0.717) is 114 Å². The molecule has 9 heterocycles.